The maximum absolute atomic E-state index is 3.23. The van der Waals surface area contributed by atoms with Crippen LogP contribution in [-0.2, 0) is 6.42 Å². The molecule has 0 aliphatic carbocycles. The molecular weight excluding hydrogens is 252 g/mol. The predicted octanol–water partition coefficient (Wildman–Crippen LogP) is 5.52. The van der Waals surface area contributed by atoms with Gasteiger partial charge in [0.05, 0.1) is 0 Å². The van der Waals surface area contributed by atoms with E-state index in [1.807, 2.05) is 0 Å². The second kappa shape index (κ2) is 8.32. The van der Waals surface area contributed by atoms with Crippen molar-refractivity contribution in [3.63, 3.8) is 0 Å². The van der Waals surface area contributed by atoms with E-state index in [9.17, 15) is 0 Å². The topological polar surface area (TPSA) is 0 Å². The van der Waals surface area contributed by atoms with E-state index in [2.05, 4.69) is 74.2 Å². The van der Waals surface area contributed by atoms with Crippen molar-refractivity contribution in [1.82, 2.24) is 0 Å². The van der Waals surface area contributed by atoms with Crippen LogP contribution in [0.2, 0.25) is 0 Å². The number of hydrogen-bond acceptors (Lipinski definition) is 0. The fourth-order valence-corrected chi connectivity index (χ4v) is 2.29. The molecule has 0 fully saturated rings. The summed E-state index contributed by atoms with van der Waals surface area (Å²) in [7, 11) is 0. The van der Waals surface area contributed by atoms with Crippen molar-refractivity contribution in [1.29, 1.82) is 0 Å². The van der Waals surface area contributed by atoms with E-state index in [-0.39, 0.29) is 0 Å². The minimum Gasteiger partial charge on any atom is -0.0654 e. The van der Waals surface area contributed by atoms with Crippen molar-refractivity contribution < 1.29 is 0 Å². The van der Waals surface area contributed by atoms with Gasteiger partial charge in [-0.05, 0) is 49.6 Å². The van der Waals surface area contributed by atoms with Crippen LogP contribution in [0, 0.1) is 18.8 Å². The lowest BCUT2D eigenvalue weighted by atomic mass is 10.0. The molecule has 0 radical (unpaired) electrons. The standard InChI is InChI=1S/C21H24/c1-3-4-5-6-7-19-12-14-21(15-13-19)17-16-20-10-8-18(2)9-11-20/h8-15H,3-7H2,1-2H3. The van der Waals surface area contributed by atoms with E-state index in [0.717, 1.165) is 11.1 Å². The van der Waals surface area contributed by atoms with Gasteiger partial charge in [-0.3, -0.25) is 0 Å². The summed E-state index contributed by atoms with van der Waals surface area (Å²) < 4.78 is 0. The Balaban J connectivity index is 1.92. The second-order valence-electron chi connectivity index (χ2n) is 5.62. The highest BCUT2D eigenvalue weighted by Gasteiger charge is 1.94. The second-order valence-corrected chi connectivity index (χ2v) is 5.62. The summed E-state index contributed by atoms with van der Waals surface area (Å²) in [5, 5.41) is 0. The summed E-state index contributed by atoms with van der Waals surface area (Å²) in [4.78, 5) is 0. The molecule has 108 valence electrons. The van der Waals surface area contributed by atoms with E-state index in [4.69, 9.17) is 0 Å². The Kier molecular flexibility index (Phi) is 6.10. The monoisotopic (exact) mass is 276 g/mol. The molecule has 2 aromatic carbocycles. The summed E-state index contributed by atoms with van der Waals surface area (Å²) in [6, 6.07) is 17.0. The van der Waals surface area contributed by atoms with Gasteiger partial charge in [-0.15, -0.1) is 0 Å². The van der Waals surface area contributed by atoms with E-state index < -0.39 is 0 Å². The smallest absolute Gasteiger partial charge is 0.0249 e. The Hall–Kier alpha value is -2.00. The molecule has 0 saturated heterocycles. The zero-order chi connectivity index (χ0) is 14.9. The van der Waals surface area contributed by atoms with Crippen LogP contribution < -0.4 is 0 Å². The molecular formula is C21H24. The molecule has 0 nitrogen and oxygen atoms in total. The number of benzene rings is 2. The fourth-order valence-electron chi connectivity index (χ4n) is 2.29. The third-order valence-corrected chi connectivity index (χ3v) is 3.68. The van der Waals surface area contributed by atoms with E-state index >= 15 is 0 Å². The SMILES string of the molecule is CCCCCCc1ccc(C#Cc2ccc(C)cc2)cc1. The lowest BCUT2D eigenvalue weighted by Gasteiger charge is -2.01. The average molecular weight is 276 g/mol. The zero-order valence-corrected chi connectivity index (χ0v) is 13.2. The van der Waals surface area contributed by atoms with Gasteiger partial charge in [-0.25, -0.2) is 0 Å². The molecule has 0 aliphatic rings. The maximum Gasteiger partial charge on any atom is 0.0249 e. The van der Waals surface area contributed by atoms with Gasteiger partial charge in [0, 0.05) is 11.1 Å². The highest BCUT2D eigenvalue weighted by atomic mass is 14.0. The van der Waals surface area contributed by atoms with E-state index in [1.165, 1.54) is 43.2 Å². The third-order valence-electron chi connectivity index (χ3n) is 3.68. The molecule has 0 heteroatoms. The minimum atomic E-state index is 1.07. The van der Waals surface area contributed by atoms with Crippen molar-refractivity contribution in [3.05, 3.63) is 70.8 Å². The molecule has 0 N–H and O–H groups in total. The Labute approximate surface area is 129 Å². The Morgan fingerprint density at radius 2 is 1.29 bits per heavy atom. The molecule has 0 unspecified atom stereocenters. The average Bonchev–Trinajstić information content (AvgIpc) is 2.52. The molecule has 2 rings (SSSR count). The fraction of sp³-hybridized carbons (Fsp3) is 0.333. The van der Waals surface area contributed by atoms with Crippen molar-refractivity contribution >= 4 is 0 Å². The molecule has 21 heavy (non-hydrogen) atoms. The molecule has 0 aromatic heterocycles. The predicted molar refractivity (Wildman–Crippen MR) is 91.4 cm³/mol. The van der Waals surface area contributed by atoms with Gasteiger partial charge in [0.2, 0.25) is 0 Å². The lowest BCUT2D eigenvalue weighted by Crippen LogP contribution is -1.86. The summed E-state index contributed by atoms with van der Waals surface area (Å²) in [6.45, 7) is 4.35. The van der Waals surface area contributed by atoms with Gasteiger partial charge in [0.1, 0.15) is 0 Å². The summed E-state index contributed by atoms with van der Waals surface area (Å²) in [5.41, 5.74) is 4.86. The molecule has 0 atom stereocenters. The van der Waals surface area contributed by atoms with Crippen LogP contribution in [0.25, 0.3) is 0 Å². The van der Waals surface area contributed by atoms with Crippen molar-refractivity contribution in [3.8, 4) is 11.8 Å². The molecule has 2 aromatic rings. The molecule has 0 heterocycles. The Bertz CT molecular complexity index is 591. The molecule has 0 spiro atoms. The molecule has 0 bridgehead atoms. The first kappa shape index (κ1) is 15.4. The van der Waals surface area contributed by atoms with Gasteiger partial charge >= 0.3 is 0 Å². The Morgan fingerprint density at radius 3 is 1.86 bits per heavy atom. The van der Waals surface area contributed by atoms with Crippen molar-refractivity contribution in [2.24, 2.45) is 0 Å². The number of aryl methyl sites for hydroxylation is 2. The largest absolute Gasteiger partial charge is 0.0654 e. The molecule has 0 aliphatic heterocycles. The number of unbranched alkanes of at least 4 members (excludes halogenated alkanes) is 3. The van der Waals surface area contributed by atoms with Gasteiger partial charge in [0.25, 0.3) is 0 Å². The Morgan fingerprint density at radius 1 is 0.714 bits per heavy atom. The zero-order valence-electron chi connectivity index (χ0n) is 13.2. The van der Waals surface area contributed by atoms with Crippen LogP contribution in [0.1, 0.15) is 54.9 Å². The molecule has 0 saturated carbocycles. The van der Waals surface area contributed by atoms with Gasteiger partial charge < -0.3 is 0 Å². The number of rotatable bonds is 5. The van der Waals surface area contributed by atoms with Crippen LogP contribution in [0.3, 0.4) is 0 Å². The van der Waals surface area contributed by atoms with Crippen LogP contribution in [-0.4, -0.2) is 0 Å². The highest BCUT2D eigenvalue weighted by Crippen LogP contribution is 2.09. The summed E-state index contributed by atoms with van der Waals surface area (Å²) >= 11 is 0. The van der Waals surface area contributed by atoms with Crippen LogP contribution in [0.5, 0.6) is 0 Å². The van der Waals surface area contributed by atoms with Crippen molar-refractivity contribution in [2.45, 2.75) is 46.0 Å². The van der Waals surface area contributed by atoms with Crippen LogP contribution >= 0.6 is 0 Å². The highest BCUT2D eigenvalue weighted by molar-refractivity contribution is 5.43. The number of hydrogen-bond donors (Lipinski definition) is 0. The van der Waals surface area contributed by atoms with Gasteiger partial charge in [-0.1, -0.05) is 67.9 Å². The first-order valence-electron chi connectivity index (χ1n) is 7.95. The van der Waals surface area contributed by atoms with Crippen LogP contribution in [0.15, 0.2) is 48.5 Å². The summed E-state index contributed by atoms with van der Waals surface area (Å²) in [6.07, 6.45) is 6.47. The minimum absolute atomic E-state index is 1.07. The van der Waals surface area contributed by atoms with Gasteiger partial charge in [-0.2, -0.15) is 0 Å². The quantitative estimate of drug-likeness (QED) is 0.498. The first-order chi connectivity index (χ1) is 10.3. The third kappa shape index (κ3) is 5.48. The van der Waals surface area contributed by atoms with Gasteiger partial charge in [0.15, 0.2) is 0 Å². The molecule has 0 amide bonds. The van der Waals surface area contributed by atoms with Crippen molar-refractivity contribution in [2.75, 3.05) is 0 Å². The normalized spacial score (nSPS) is 10.0. The lowest BCUT2D eigenvalue weighted by molar-refractivity contribution is 0.667. The van der Waals surface area contributed by atoms with Crippen LogP contribution in [0.4, 0.5) is 0 Å². The van der Waals surface area contributed by atoms with E-state index in [1.54, 1.807) is 0 Å². The van der Waals surface area contributed by atoms with E-state index in [0.29, 0.717) is 0 Å². The summed E-state index contributed by atoms with van der Waals surface area (Å²) in [5.74, 6) is 6.45. The maximum atomic E-state index is 3.23. The first-order valence-corrected chi connectivity index (χ1v) is 7.95.